The summed E-state index contributed by atoms with van der Waals surface area (Å²) in [6.07, 6.45) is 7.50. The van der Waals surface area contributed by atoms with E-state index in [0.29, 0.717) is 0 Å². The zero-order valence-corrected chi connectivity index (χ0v) is 22.6. The molecule has 0 aliphatic heterocycles. The van der Waals surface area contributed by atoms with Gasteiger partial charge in [0.2, 0.25) is 0 Å². The Morgan fingerprint density at radius 2 is 0.950 bits per heavy atom. The smallest absolute Gasteiger partial charge is 0.0349 e. The number of rotatable bonds is 4. The van der Waals surface area contributed by atoms with Crippen LogP contribution >= 0.6 is 0 Å². The molecular formula is C38H28N2. The van der Waals surface area contributed by atoms with E-state index in [1.165, 1.54) is 77.2 Å². The van der Waals surface area contributed by atoms with E-state index in [0.717, 1.165) is 0 Å². The molecule has 190 valence electrons. The summed E-state index contributed by atoms with van der Waals surface area (Å²) in [6, 6.07) is 39.6. The molecule has 0 aliphatic carbocycles. The highest BCUT2D eigenvalue weighted by Gasteiger charge is 2.18. The number of hydrogen-bond donors (Lipinski definition) is 0. The Morgan fingerprint density at radius 3 is 1.55 bits per heavy atom. The van der Waals surface area contributed by atoms with Gasteiger partial charge in [0.05, 0.1) is 0 Å². The normalized spacial score (nSPS) is 11.2. The van der Waals surface area contributed by atoms with Crippen molar-refractivity contribution in [2.24, 2.45) is 0 Å². The molecule has 2 heteroatoms. The van der Waals surface area contributed by atoms with Gasteiger partial charge in [-0.3, -0.25) is 9.97 Å². The molecule has 0 atom stereocenters. The average molecular weight is 513 g/mol. The number of hydrogen-bond acceptors (Lipinski definition) is 2. The summed E-state index contributed by atoms with van der Waals surface area (Å²) < 4.78 is 0. The maximum Gasteiger partial charge on any atom is 0.0349 e. The highest BCUT2D eigenvalue weighted by molar-refractivity contribution is 6.21. The van der Waals surface area contributed by atoms with Gasteiger partial charge in [-0.25, -0.2) is 0 Å². The molecule has 0 spiro atoms. The molecule has 2 aromatic heterocycles. The summed E-state index contributed by atoms with van der Waals surface area (Å²) >= 11 is 0. The van der Waals surface area contributed by atoms with Gasteiger partial charge in [0.15, 0.2) is 0 Å². The molecule has 0 amide bonds. The second-order valence-corrected chi connectivity index (χ2v) is 10.4. The summed E-state index contributed by atoms with van der Waals surface area (Å²) in [4.78, 5) is 8.53. The topological polar surface area (TPSA) is 25.8 Å². The third-order valence-corrected chi connectivity index (χ3v) is 7.96. The quantitative estimate of drug-likeness (QED) is 0.219. The molecule has 2 nitrogen and oxygen atoms in total. The van der Waals surface area contributed by atoms with Crippen LogP contribution in [0.2, 0.25) is 0 Å². The number of aryl methyl sites for hydroxylation is 2. The van der Waals surface area contributed by atoms with Gasteiger partial charge in [-0.1, -0.05) is 91.0 Å². The predicted molar refractivity (Wildman–Crippen MR) is 168 cm³/mol. The largest absolute Gasteiger partial charge is 0.265 e. The van der Waals surface area contributed by atoms with Crippen LogP contribution in [0.4, 0.5) is 0 Å². The number of nitrogens with zero attached hydrogens (tertiary/aromatic N) is 2. The Kier molecular flexibility index (Phi) is 5.94. The lowest BCUT2D eigenvalue weighted by Crippen LogP contribution is -1.93. The maximum absolute atomic E-state index is 4.35. The molecule has 0 radical (unpaired) electrons. The van der Waals surface area contributed by atoms with E-state index in [4.69, 9.17) is 0 Å². The Labute approximate surface area is 234 Å². The first-order chi connectivity index (χ1) is 19.7. The molecule has 0 fully saturated rings. The minimum Gasteiger partial charge on any atom is -0.265 e. The van der Waals surface area contributed by atoms with Crippen LogP contribution in [0.3, 0.4) is 0 Å². The lowest BCUT2D eigenvalue weighted by Gasteiger charge is -2.19. The third kappa shape index (κ3) is 4.06. The predicted octanol–water partition coefficient (Wildman–Crippen LogP) is 10.1. The van der Waals surface area contributed by atoms with Gasteiger partial charge in [0, 0.05) is 30.4 Å². The minimum absolute atomic E-state index is 1.17. The van der Waals surface area contributed by atoms with Crippen molar-refractivity contribution in [2.45, 2.75) is 13.8 Å². The Bertz CT molecular complexity index is 1950. The monoisotopic (exact) mass is 512 g/mol. The van der Waals surface area contributed by atoms with E-state index in [1.54, 1.807) is 0 Å². The number of fused-ring (bicyclic) bond motifs is 2. The van der Waals surface area contributed by atoms with Crippen molar-refractivity contribution in [2.75, 3.05) is 0 Å². The zero-order chi connectivity index (χ0) is 27.1. The van der Waals surface area contributed by atoms with Crippen LogP contribution in [-0.2, 0) is 0 Å². The first kappa shape index (κ1) is 24.0. The van der Waals surface area contributed by atoms with E-state index in [9.17, 15) is 0 Å². The Balaban J connectivity index is 1.45. The van der Waals surface area contributed by atoms with Gasteiger partial charge >= 0.3 is 0 Å². The lowest BCUT2D eigenvalue weighted by molar-refractivity contribution is 1.29. The molecule has 7 aromatic rings. The molecule has 0 unspecified atom stereocenters. The fourth-order valence-electron chi connectivity index (χ4n) is 5.98. The van der Waals surface area contributed by atoms with Crippen LogP contribution < -0.4 is 0 Å². The third-order valence-electron chi connectivity index (χ3n) is 7.96. The molecule has 5 aromatic carbocycles. The summed E-state index contributed by atoms with van der Waals surface area (Å²) in [5, 5.41) is 5.06. The molecule has 40 heavy (non-hydrogen) atoms. The SMILES string of the molecule is Cc1ccncc1-c1ccc(-c2c3ccccc3c(-c3ccc(-c4ccncc4)cc3C)c3ccccc23)cc1. The van der Waals surface area contributed by atoms with E-state index in [1.807, 2.05) is 24.8 Å². The summed E-state index contributed by atoms with van der Waals surface area (Å²) in [5.41, 5.74) is 12.3. The number of pyridine rings is 2. The Morgan fingerprint density at radius 1 is 0.400 bits per heavy atom. The number of aromatic nitrogens is 2. The molecule has 0 N–H and O–H groups in total. The van der Waals surface area contributed by atoms with Crippen LogP contribution in [0.15, 0.2) is 134 Å². The van der Waals surface area contributed by atoms with Gasteiger partial charge in [-0.2, -0.15) is 0 Å². The van der Waals surface area contributed by atoms with Gasteiger partial charge in [0.1, 0.15) is 0 Å². The van der Waals surface area contributed by atoms with E-state index in [-0.39, 0.29) is 0 Å². The minimum atomic E-state index is 1.17. The zero-order valence-electron chi connectivity index (χ0n) is 22.6. The van der Waals surface area contributed by atoms with Crippen molar-refractivity contribution < 1.29 is 0 Å². The van der Waals surface area contributed by atoms with E-state index in [2.05, 4.69) is 133 Å². The van der Waals surface area contributed by atoms with Crippen molar-refractivity contribution in [1.29, 1.82) is 0 Å². The highest BCUT2D eigenvalue weighted by Crippen LogP contribution is 2.45. The molecular weight excluding hydrogens is 484 g/mol. The molecule has 2 heterocycles. The Hall–Kier alpha value is -5.08. The molecule has 7 rings (SSSR count). The van der Waals surface area contributed by atoms with E-state index < -0.39 is 0 Å². The maximum atomic E-state index is 4.35. The van der Waals surface area contributed by atoms with E-state index >= 15 is 0 Å². The van der Waals surface area contributed by atoms with Gasteiger partial charge < -0.3 is 0 Å². The van der Waals surface area contributed by atoms with Crippen molar-refractivity contribution in [3.05, 3.63) is 145 Å². The molecule has 0 saturated heterocycles. The lowest BCUT2D eigenvalue weighted by atomic mass is 9.84. The summed E-state index contributed by atoms with van der Waals surface area (Å²) in [5.74, 6) is 0. The van der Waals surface area contributed by atoms with Gasteiger partial charge in [-0.15, -0.1) is 0 Å². The summed E-state index contributed by atoms with van der Waals surface area (Å²) in [7, 11) is 0. The van der Waals surface area contributed by atoms with Crippen LogP contribution in [0.1, 0.15) is 11.1 Å². The number of benzene rings is 5. The van der Waals surface area contributed by atoms with Crippen LogP contribution in [0.25, 0.3) is 66.1 Å². The first-order valence-electron chi connectivity index (χ1n) is 13.7. The van der Waals surface area contributed by atoms with Crippen molar-refractivity contribution in [1.82, 2.24) is 9.97 Å². The van der Waals surface area contributed by atoms with Crippen molar-refractivity contribution in [3.63, 3.8) is 0 Å². The van der Waals surface area contributed by atoms with Crippen LogP contribution in [-0.4, -0.2) is 9.97 Å². The summed E-state index contributed by atoms with van der Waals surface area (Å²) in [6.45, 7) is 4.35. The first-order valence-corrected chi connectivity index (χ1v) is 13.7. The molecule has 0 aliphatic rings. The van der Waals surface area contributed by atoms with Gasteiger partial charge in [0.25, 0.3) is 0 Å². The second-order valence-electron chi connectivity index (χ2n) is 10.4. The van der Waals surface area contributed by atoms with Gasteiger partial charge in [-0.05, 0) is 104 Å². The molecule has 0 saturated carbocycles. The second kappa shape index (κ2) is 9.91. The standard InChI is InChI=1S/C38H28N2/c1-25-17-20-40-24-36(25)28-11-13-29(14-12-28)37-32-7-3-5-9-34(32)38(35-10-6-4-8-33(35)37)31-16-15-30(23-26(31)2)27-18-21-39-22-19-27/h3-24H,1-2H3. The average Bonchev–Trinajstić information content (AvgIpc) is 3.01. The van der Waals surface area contributed by atoms with Crippen molar-refractivity contribution >= 4 is 21.5 Å². The van der Waals surface area contributed by atoms with Crippen LogP contribution in [0, 0.1) is 13.8 Å². The fourth-order valence-corrected chi connectivity index (χ4v) is 5.98. The molecule has 0 bridgehead atoms. The highest BCUT2D eigenvalue weighted by atomic mass is 14.6. The van der Waals surface area contributed by atoms with Crippen LogP contribution in [0.5, 0.6) is 0 Å². The van der Waals surface area contributed by atoms with Crippen molar-refractivity contribution in [3.8, 4) is 44.5 Å². The fraction of sp³-hybridized carbons (Fsp3) is 0.0526.